The molecule has 1 fully saturated rings. The number of hydrogen-bond donors (Lipinski definition) is 2. The molecule has 1 aliphatic rings. The lowest BCUT2D eigenvalue weighted by Crippen LogP contribution is -2.52. The highest BCUT2D eigenvalue weighted by Crippen LogP contribution is 2.45. The van der Waals surface area contributed by atoms with Crippen LogP contribution in [0.25, 0.3) is 0 Å². The summed E-state index contributed by atoms with van der Waals surface area (Å²) in [4.78, 5) is 23.3. The van der Waals surface area contributed by atoms with Gasteiger partial charge in [0.25, 0.3) is 0 Å². The minimum Gasteiger partial charge on any atom is -0.481 e. The topological polar surface area (TPSA) is 66.4 Å². The molecule has 0 aromatic rings. The lowest BCUT2D eigenvalue weighted by Gasteiger charge is -2.46. The van der Waals surface area contributed by atoms with E-state index in [9.17, 15) is 14.7 Å². The Bertz CT molecular complexity index is 352. The van der Waals surface area contributed by atoms with Gasteiger partial charge in [-0.05, 0) is 30.6 Å². The zero-order valence-corrected chi connectivity index (χ0v) is 13.2. The van der Waals surface area contributed by atoms with Crippen molar-refractivity contribution >= 4 is 11.9 Å². The number of rotatable bonds is 6. The maximum absolute atomic E-state index is 11.9. The molecule has 0 aliphatic heterocycles. The maximum Gasteiger partial charge on any atom is 0.307 e. The predicted octanol–water partition coefficient (Wildman–Crippen LogP) is 3.21. The summed E-state index contributed by atoms with van der Waals surface area (Å²) in [6.07, 6.45) is 5.12. The van der Waals surface area contributed by atoms with Gasteiger partial charge in [0.15, 0.2) is 0 Å². The maximum atomic E-state index is 11.9. The van der Waals surface area contributed by atoms with E-state index in [1.165, 1.54) is 0 Å². The summed E-state index contributed by atoms with van der Waals surface area (Å²) in [6.45, 7) is 8.19. The van der Waals surface area contributed by atoms with E-state index in [0.29, 0.717) is 12.8 Å². The van der Waals surface area contributed by atoms with Gasteiger partial charge in [0.2, 0.25) is 5.91 Å². The third-order valence-electron chi connectivity index (χ3n) is 5.09. The predicted molar refractivity (Wildman–Crippen MR) is 79.4 cm³/mol. The molecule has 2 N–H and O–H groups in total. The minimum atomic E-state index is -0.713. The molecule has 0 saturated heterocycles. The average molecular weight is 283 g/mol. The van der Waals surface area contributed by atoms with Crippen molar-refractivity contribution in [1.29, 1.82) is 0 Å². The molecule has 1 saturated carbocycles. The Morgan fingerprint density at radius 1 is 1.25 bits per heavy atom. The Morgan fingerprint density at radius 2 is 1.90 bits per heavy atom. The molecule has 0 radical (unpaired) electrons. The van der Waals surface area contributed by atoms with Gasteiger partial charge in [-0.25, -0.2) is 0 Å². The Labute approximate surface area is 122 Å². The van der Waals surface area contributed by atoms with E-state index in [4.69, 9.17) is 0 Å². The van der Waals surface area contributed by atoms with E-state index in [1.807, 2.05) is 13.8 Å². The van der Waals surface area contributed by atoms with E-state index in [2.05, 4.69) is 19.2 Å². The lowest BCUT2D eigenvalue weighted by atomic mass is 9.61. The molecule has 3 atom stereocenters. The highest BCUT2D eigenvalue weighted by molar-refractivity contribution is 5.76. The number of carboxylic acids is 1. The summed E-state index contributed by atoms with van der Waals surface area (Å²) < 4.78 is 0. The number of nitrogens with one attached hydrogen (secondary N) is 1. The van der Waals surface area contributed by atoms with Gasteiger partial charge >= 0.3 is 5.97 Å². The summed E-state index contributed by atoms with van der Waals surface area (Å²) in [6, 6.07) is 0.106. The fourth-order valence-electron chi connectivity index (χ4n) is 3.26. The first kappa shape index (κ1) is 17.0. The number of hydrogen-bond acceptors (Lipinski definition) is 2. The Hall–Kier alpha value is -1.06. The normalized spacial score (nSPS) is 28.9. The highest BCUT2D eigenvalue weighted by Gasteiger charge is 2.46. The minimum absolute atomic E-state index is 0.106. The molecule has 0 aromatic carbocycles. The quantitative estimate of drug-likeness (QED) is 0.736. The van der Waals surface area contributed by atoms with E-state index in [0.717, 1.165) is 25.7 Å². The molecule has 4 nitrogen and oxygen atoms in total. The fraction of sp³-hybridized carbons (Fsp3) is 0.875. The number of carbonyl (C=O) groups excluding carboxylic acids is 1. The van der Waals surface area contributed by atoms with Crippen molar-refractivity contribution in [2.45, 2.75) is 72.3 Å². The SMILES string of the molecule is CCCCCC(=O)NC1CCC(C(=O)O)C(C)(C)C1C. The molecule has 1 aliphatic carbocycles. The van der Waals surface area contributed by atoms with Crippen molar-refractivity contribution in [3.8, 4) is 0 Å². The average Bonchev–Trinajstić information content (AvgIpc) is 2.35. The summed E-state index contributed by atoms with van der Waals surface area (Å²) in [7, 11) is 0. The van der Waals surface area contributed by atoms with Crippen LogP contribution in [0.15, 0.2) is 0 Å². The first-order valence-corrected chi connectivity index (χ1v) is 7.82. The zero-order valence-electron chi connectivity index (χ0n) is 13.2. The first-order chi connectivity index (χ1) is 9.30. The Balaban J connectivity index is 2.57. The molecule has 4 heteroatoms. The van der Waals surface area contributed by atoms with Crippen LogP contribution >= 0.6 is 0 Å². The van der Waals surface area contributed by atoms with Gasteiger partial charge in [0.05, 0.1) is 5.92 Å². The van der Waals surface area contributed by atoms with Crippen molar-refractivity contribution in [2.75, 3.05) is 0 Å². The second kappa shape index (κ2) is 7.09. The Morgan fingerprint density at radius 3 is 2.45 bits per heavy atom. The van der Waals surface area contributed by atoms with E-state index < -0.39 is 5.97 Å². The van der Waals surface area contributed by atoms with Crippen LogP contribution in [0.3, 0.4) is 0 Å². The van der Waals surface area contributed by atoms with Gasteiger partial charge < -0.3 is 10.4 Å². The van der Waals surface area contributed by atoms with Crippen molar-refractivity contribution in [3.05, 3.63) is 0 Å². The van der Waals surface area contributed by atoms with Crippen molar-refractivity contribution in [2.24, 2.45) is 17.3 Å². The fourth-order valence-corrected chi connectivity index (χ4v) is 3.26. The van der Waals surface area contributed by atoms with Gasteiger partial charge in [-0.2, -0.15) is 0 Å². The number of unbranched alkanes of at least 4 members (excludes halogenated alkanes) is 2. The largest absolute Gasteiger partial charge is 0.481 e. The third kappa shape index (κ3) is 3.97. The third-order valence-corrected chi connectivity index (χ3v) is 5.09. The molecule has 1 rings (SSSR count). The molecule has 0 aromatic heterocycles. The van der Waals surface area contributed by atoms with Crippen LogP contribution in [-0.4, -0.2) is 23.0 Å². The smallest absolute Gasteiger partial charge is 0.307 e. The number of amides is 1. The van der Waals surface area contributed by atoms with E-state index in [-0.39, 0.29) is 29.2 Å². The Kier molecular flexibility index (Phi) is 6.03. The number of carboxylic acid groups (broad SMARTS) is 1. The van der Waals surface area contributed by atoms with Crippen LogP contribution < -0.4 is 5.32 Å². The highest BCUT2D eigenvalue weighted by atomic mass is 16.4. The van der Waals surface area contributed by atoms with Crippen LogP contribution in [-0.2, 0) is 9.59 Å². The molecular weight excluding hydrogens is 254 g/mol. The van der Waals surface area contributed by atoms with Crippen LogP contribution in [0.1, 0.15) is 66.2 Å². The summed E-state index contributed by atoms with van der Waals surface area (Å²) in [5, 5.41) is 12.4. The summed E-state index contributed by atoms with van der Waals surface area (Å²) >= 11 is 0. The standard InChI is InChI=1S/C16H29NO3/c1-5-6-7-8-14(18)17-13-10-9-12(15(19)20)16(3,4)11(13)2/h11-13H,5-10H2,1-4H3,(H,17,18)(H,19,20). The van der Waals surface area contributed by atoms with Gasteiger partial charge in [0, 0.05) is 12.5 Å². The second-order valence-corrected chi connectivity index (χ2v) is 6.71. The molecule has 0 bridgehead atoms. The zero-order chi connectivity index (χ0) is 15.3. The van der Waals surface area contributed by atoms with E-state index in [1.54, 1.807) is 0 Å². The van der Waals surface area contributed by atoms with Crippen LogP contribution in [0.4, 0.5) is 0 Å². The molecule has 0 spiro atoms. The molecule has 0 heterocycles. The van der Waals surface area contributed by atoms with Crippen molar-refractivity contribution in [1.82, 2.24) is 5.32 Å². The van der Waals surface area contributed by atoms with Crippen LogP contribution in [0.5, 0.6) is 0 Å². The molecular formula is C16H29NO3. The van der Waals surface area contributed by atoms with Crippen LogP contribution in [0.2, 0.25) is 0 Å². The van der Waals surface area contributed by atoms with Gasteiger partial charge in [0.1, 0.15) is 0 Å². The number of carbonyl (C=O) groups is 2. The summed E-state index contributed by atoms with van der Waals surface area (Å²) in [5.74, 6) is -0.743. The summed E-state index contributed by atoms with van der Waals surface area (Å²) in [5.41, 5.74) is -0.286. The monoisotopic (exact) mass is 283 g/mol. The molecule has 1 amide bonds. The van der Waals surface area contributed by atoms with Crippen LogP contribution in [0, 0.1) is 17.3 Å². The lowest BCUT2D eigenvalue weighted by molar-refractivity contribution is -0.150. The van der Waals surface area contributed by atoms with Gasteiger partial charge in [-0.1, -0.05) is 40.5 Å². The molecule has 20 heavy (non-hydrogen) atoms. The van der Waals surface area contributed by atoms with Crippen molar-refractivity contribution < 1.29 is 14.7 Å². The molecule has 3 unspecified atom stereocenters. The van der Waals surface area contributed by atoms with E-state index >= 15 is 0 Å². The van der Waals surface area contributed by atoms with Gasteiger partial charge in [-0.15, -0.1) is 0 Å². The van der Waals surface area contributed by atoms with Crippen molar-refractivity contribution in [3.63, 3.8) is 0 Å². The first-order valence-electron chi connectivity index (χ1n) is 7.82. The number of aliphatic carboxylic acids is 1. The molecule has 116 valence electrons. The van der Waals surface area contributed by atoms with Gasteiger partial charge in [-0.3, -0.25) is 9.59 Å². The second-order valence-electron chi connectivity index (χ2n) is 6.71.